The van der Waals surface area contributed by atoms with Gasteiger partial charge in [-0.05, 0) is 42.3 Å². The highest BCUT2D eigenvalue weighted by molar-refractivity contribution is 7.89. The van der Waals surface area contributed by atoms with E-state index in [4.69, 9.17) is 0 Å². The van der Waals surface area contributed by atoms with Crippen LogP contribution in [0.3, 0.4) is 0 Å². The number of fused-ring (bicyclic) bond motifs is 1. The van der Waals surface area contributed by atoms with Gasteiger partial charge in [-0.3, -0.25) is 0 Å². The third-order valence-corrected chi connectivity index (χ3v) is 6.44. The summed E-state index contributed by atoms with van der Waals surface area (Å²) in [6, 6.07) is 9.10. The summed E-state index contributed by atoms with van der Waals surface area (Å²) >= 11 is 0. The second-order valence-corrected chi connectivity index (χ2v) is 7.91. The molecule has 1 aromatic carbocycles. The Labute approximate surface area is 141 Å². The predicted molar refractivity (Wildman–Crippen MR) is 91.6 cm³/mol. The topological polar surface area (TPSA) is 78.4 Å². The molecular weight excluding hydrogens is 326 g/mol. The standard InChI is InChI=1S/C16H19N5O2S/c22-24(23,14-3-4-15-13(12-14)5-7-17-15)21-10-8-20(9-11-21)16-2-1-6-18-19-16/h1-4,6,12,17H,5,7-11H2. The van der Waals surface area contributed by atoms with Crippen molar-refractivity contribution in [2.45, 2.75) is 11.3 Å². The normalized spacial score (nSPS) is 18.2. The van der Waals surface area contributed by atoms with E-state index in [9.17, 15) is 8.42 Å². The van der Waals surface area contributed by atoms with E-state index in [1.54, 1.807) is 22.6 Å². The summed E-state index contributed by atoms with van der Waals surface area (Å²) in [5, 5.41) is 11.2. The number of anilines is 2. The summed E-state index contributed by atoms with van der Waals surface area (Å²) in [4.78, 5) is 2.45. The van der Waals surface area contributed by atoms with Crippen molar-refractivity contribution in [3.8, 4) is 0 Å². The number of sulfonamides is 1. The van der Waals surface area contributed by atoms with Crippen LogP contribution >= 0.6 is 0 Å². The van der Waals surface area contributed by atoms with Crippen LogP contribution < -0.4 is 10.2 Å². The number of nitrogens with zero attached hydrogens (tertiary/aromatic N) is 4. The van der Waals surface area contributed by atoms with E-state index in [0.717, 1.165) is 30.0 Å². The molecule has 1 N–H and O–H groups in total. The van der Waals surface area contributed by atoms with Crippen LogP contribution in [0.2, 0.25) is 0 Å². The third kappa shape index (κ3) is 2.71. The lowest BCUT2D eigenvalue weighted by Crippen LogP contribution is -2.49. The second-order valence-electron chi connectivity index (χ2n) is 5.97. The average molecular weight is 345 g/mol. The highest BCUT2D eigenvalue weighted by Gasteiger charge is 2.29. The van der Waals surface area contributed by atoms with E-state index in [0.29, 0.717) is 31.1 Å². The van der Waals surface area contributed by atoms with Gasteiger partial charge in [0.15, 0.2) is 5.82 Å². The van der Waals surface area contributed by atoms with Gasteiger partial charge < -0.3 is 10.2 Å². The average Bonchev–Trinajstić information content (AvgIpc) is 3.10. The zero-order valence-electron chi connectivity index (χ0n) is 13.2. The summed E-state index contributed by atoms with van der Waals surface area (Å²) in [5.41, 5.74) is 2.12. The van der Waals surface area contributed by atoms with Crippen molar-refractivity contribution < 1.29 is 8.42 Å². The Kier molecular flexibility index (Phi) is 3.85. The number of benzene rings is 1. The van der Waals surface area contributed by atoms with Crippen LogP contribution in [-0.4, -0.2) is 55.6 Å². The van der Waals surface area contributed by atoms with Gasteiger partial charge in [0.2, 0.25) is 10.0 Å². The lowest BCUT2D eigenvalue weighted by Gasteiger charge is -2.34. The molecule has 1 fully saturated rings. The Hall–Kier alpha value is -2.19. The highest BCUT2D eigenvalue weighted by atomic mass is 32.2. The Morgan fingerprint density at radius 3 is 2.67 bits per heavy atom. The van der Waals surface area contributed by atoms with E-state index in [1.165, 1.54) is 0 Å². The number of piperazine rings is 1. The molecule has 126 valence electrons. The first kappa shape index (κ1) is 15.3. The van der Waals surface area contributed by atoms with E-state index >= 15 is 0 Å². The molecule has 0 aliphatic carbocycles. The minimum absolute atomic E-state index is 0.387. The second kappa shape index (κ2) is 6.03. The van der Waals surface area contributed by atoms with E-state index in [-0.39, 0.29) is 0 Å². The third-order valence-electron chi connectivity index (χ3n) is 4.55. The molecule has 0 bridgehead atoms. The quantitative estimate of drug-likeness (QED) is 0.893. The zero-order chi connectivity index (χ0) is 16.6. The van der Waals surface area contributed by atoms with Gasteiger partial charge in [-0.25, -0.2) is 8.42 Å². The van der Waals surface area contributed by atoms with Crippen molar-refractivity contribution in [2.75, 3.05) is 42.9 Å². The van der Waals surface area contributed by atoms with Crippen molar-refractivity contribution in [1.29, 1.82) is 0 Å². The van der Waals surface area contributed by atoms with Gasteiger partial charge in [0, 0.05) is 44.6 Å². The van der Waals surface area contributed by atoms with Gasteiger partial charge in [-0.2, -0.15) is 9.40 Å². The van der Waals surface area contributed by atoms with Gasteiger partial charge in [0.1, 0.15) is 0 Å². The fourth-order valence-electron chi connectivity index (χ4n) is 3.21. The lowest BCUT2D eigenvalue weighted by atomic mass is 10.2. The molecule has 2 aliphatic rings. The fourth-order valence-corrected chi connectivity index (χ4v) is 4.68. The number of nitrogens with one attached hydrogen (secondary N) is 1. The van der Waals surface area contributed by atoms with Crippen LogP contribution in [0.25, 0.3) is 0 Å². The molecule has 2 aromatic rings. The summed E-state index contributed by atoms with van der Waals surface area (Å²) < 4.78 is 27.3. The maximum Gasteiger partial charge on any atom is 0.243 e. The molecule has 0 spiro atoms. The predicted octanol–water partition coefficient (Wildman–Crippen LogP) is 0.956. The van der Waals surface area contributed by atoms with E-state index < -0.39 is 10.0 Å². The van der Waals surface area contributed by atoms with Gasteiger partial charge in [-0.1, -0.05) is 0 Å². The van der Waals surface area contributed by atoms with Gasteiger partial charge in [-0.15, -0.1) is 5.10 Å². The van der Waals surface area contributed by atoms with Gasteiger partial charge in [0.05, 0.1) is 4.90 Å². The van der Waals surface area contributed by atoms with Crippen molar-refractivity contribution >= 4 is 21.5 Å². The van der Waals surface area contributed by atoms with E-state index in [2.05, 4.69) is 20.4 Å². The maximum absolute atomic E-state index is 12.9. The van der Waals surface area contributed by atoms with Crippen molar-refractivity contribution in [3.63, 3.8) is 0 Å². The van der Waals surface area contributed by atoms with E-state index in [1.807, 2.05) is 18.2 Å². The molecule has 1 aromatic heterocycles. The molecule has 0 amide bonds. The van der Waals surface area contributed by atoms with Crippen LogP contribution in [0.5, 0.6) is 0 Å². The minimum Gasteiger partial charge on any atom is -0.384 e. The van der Waals surface area contributed by atoms with Crippen LogP contribution in [0.15, 0.2) is 41.4 Å². The SMILES string of the molecule is O=S(=O)(c1ccc2c(c1)CCN2)N1CCN(c2cccnn2)CC1. The summed E-state index contributed by atoms with van der Waals surface area (Å²) in [5.74, 6) is 0.790. The molecule has 1 saturated heterocycles. The van der Waals surface area contributed by atoms with Gasteiger partial charge in [0.25, 0.3) is 0 Å². The Bertz CT molecular complexity index is 833. The largest absolute Gasteiger partial charge is 0.384 e. The van der Waals surface area contributed by atoms with Gasteiger partial charge >= 0.3 is 0 Å². The molecular formula is C16H19N5O2S. The zero-order valence-corrected chi connectivity index (χ0v) is 14.0. The van der Waals surface area contributed by atoms with Crippen LogP contribution in [-0.2, 0) is 16.4 Å². The Balaban J connectivity index is 1.50. The van der Waals surface area contributed by atoms with Crippen LogP contribution in [0.4, 0.5) is 11.5 Å². The van der Waals surface area contributed by atoms with Crippen molar-refractivity contribution in [3.05, 3.63) is 42.1 Å². The summed E-state index contributed by atoms with van der Waals surface area (Å²) in [7, 11) is -3.45. The van der Waals surface area contributed by atoms with Crippen molar-refractivity contribution in [2.24, 2.45) is 0 Å². The molecule has 4 rings (SSSR count). The molecule has 8 heteroatoms. The Morgan fingerprint density at radius 1 is 1.08 bits per heavy atom. The Morgan fingerprint density at radius 2 is 1.92 bits per heavy atom. The van der Waals surface area contributed by atoms with Crippen LogP contribution in [0, 0.1) is 0 Å². The number of hydrogen-bond donors (Lipinski definition) is 1. The molecule has 2 aliphatic heterocycles. The lowest BCUT2D eigenvalue weighted by molar-refractivity contribution is 0.383. The number of hydrogen-bond acceptors (Lipinski definition) is 6. The first-order valence-electron chi connectivity index (χ1n) is 8.04. The molecule has 3 heterocycles. The maximum atomic E-state index is 12.9. The molecule has 24 heavy (non-hydrogen) atoms. The molecule has 0 saturated carbocycles. The molecule has 0 atom stereocenters. The highest BCUT2D eigenvalue weighted by Crippen LogP contribution is 2.27. The summed E-state index contributed by atoms with van der Waals surface area (Å²) in [6.45, 7) is 3.01. The van der Waals surface area contributed by atoms with Crippen molar-refractivity contribution in [1.82, 2.24) is 14.5 Å². The monoisotopic (exact) mass is 345 g/mol. The number of aromatic nitrogens is 2. The molecule has 0 unspecified atom stereocenters. The number of rotatable bonds is 3. The van der Waals surface area contributed by atoms with Crippen LogP contribution in [0.1, 0.15) is 5.56 Å². The first-order valence-corrected chi connectivity index (χ1v) is 9.48. The molecule has 7 nitrogen and oxygen atoms in total. The fraction of sp³-hybridized carbons (Fsp3) is 0.375. The minimum atomic E-state index is -3.45. The molecule has 0 radical (unpaired) electrons. The first-order chi connectivity index (χ1) is 11.6. The smallest absolute Gasteiger partial charge is 0.243 e. The summed E-state index contributed by atoms with van der Waals surface area (Å²) in [6.07, 6.45) is 2.51.